The molecule has 0 saturated heterocycles. The van der Waals surface area contributed by atoms with Gasteiger partial charge >= 0.3 is 0 Å². The number of benzene rings is 2. The van der Waals surface area contributed by atoms with Gasteiger partial charge in [0.1, 0.15) is 6.04 Å². The molecule has 0 spiro atoms. The molecule has 2 aromatic carbocycles. The Hall–Kier alpha value is -2.33. The van der Waals surface area contributed by atoms with Gasteiger partial charge in [0, 0.05) is 0 Å². The second kappa shape index (κ2) is 8.86. The minimum absolute atomic E-state index is 0.0643. The second-order valence-corrected chi connectivity index (χ2v) is 7.17. The van der Waals surface area contributed by atoms with Crippen LogP contribution in [0.5, 0.6) is 0 Å². The molecule has 0 heterocycles. The van der Waals surface area contributed by atoms with Crippen LogP contribution in [0.4, 0.5) is 0 Å². The topological polar surface area (TPSA) is 58.2 Å². The smallest absolute Gasteiger partial charge is 0.253 e. The fourth-order valence-corrected chi connectivity index (χ4v) is 3.07. The number of hydrogen-bond acceptors (Lipinski definition) is 2. The molecule has 138 valence electrons. The third-order valence-electron chi connectivity index (χ3n) is 4.37. The fraction of sp³-hybridized carbons (Fsp3) is 0.333. The van der Waals surface area contributed by atoms with Crippen LogP contribution in [0.1, 0.15) is 48.3 Å². The van der Waals surface area contributed by atoms with Crippen molar-refractivity contribution in [3.05, 3.63) is 70.2 Å². The summed E-state index contributed by atoms with van der Waals surface area (Å²) >= 11 is 6.08. The Bertz CT molecular complexity index is 789. The lowest BCUT2D eigenvalue weighted by Crippen LogP contribution is -2.50. The van der Waals surface area contributed by atoms with Crippen molar-refractivity contribution in [3.63, 3.8) is 0 Å². The van der Waals surface area contributed by atoms with Gasteiger partial charge in [-0.3, -0.25) is 9.59 Å². The summed E-state index contributed by atoms with van der Waals surface area (Å²) in [5.74, 6) is -0.630. The summed E-state index contributed by atoms with van der Waals surface area (Å²) in [5.41, 5.74) is 2.53. The number of carbonyl (C=O) groups is 2. The van der Waals surface area contributed by atoms with Gasteiger partial charge in [0.05, 0.1) is 16.6 Å². The van der Waals surface area contributed by atoms with Gasteiger partial charge in [-0.05, 0) is 43.0 Å². The molecule has 26 heavy (non-hydrogen) atoms. The monoisotopic (exact) mass is 372 g/mol. The molecule has 0 aliphatic carbocycles. The van der Waals surface area contributed by atoms with Crippen LogP contribution in [0.2, 0.25) is 5.02 Å². The van der Waals surface area contributed by atoms with Crippen molar-refractivity contribution in [2.24, 2.45) is 5.92 Å². The highest BCUT2D eigenvalue weighted by Gasteiger charge is 2.26. The molecular weight excluding hydrogens is 348 g/mol. The van der Waals surface area contributed by atoms with E-state index in [9.17, 15) is 9.59 Å². The molecule has 0 saturated carbocycles. The molecule has 2 N–H and O–H groups in total. The Morgan fingerprint density at radius 1 is 0.923 bits per heavy atom. The van der Waals surface area contributed by atoms with Crippen molar-refractivity contribution in [2.75, 3.05) is 0 Å². The van der Waals surface area contributed by atoms with E-state index in [1.807, 2.05) is 52.0 Å². The minimum atomic E-state index is -0.648. The van der Waals surface area contributed by atoms with Crippen molar-refractivity contribution in [1.29, 1.82) is 0 Å². The molecule has 0 aromatic heterocycles. The van der Waals surface area contributed by atoms with Gasteiger partial charge in [0.15, 0.2) is 0 Å². The number of rotatable bonds is 6. The van der Waals surface area contributed by atoms with Crippen LogP contribution in [0.25, 0.3) is 0 Å². The Morgan fingerprint density at radius 3 is 2.15 bits per heavy atom. The molecule has 0 bridgehead atoms. The van der Waals surface area contributed by atoms with E-state index in [0.29, 0.717) is 10.6 Å². The van der Waals surface area contributed by atoms with E-state index in [-0.39, 0.29) is 23.8 Å². The van der Waals surface area contributed by atoms with Gasteiger partial charge in [0.25, 0.3) is 5.91 Å². The average molecular weight is 373 g/mol. The fourth-order valence-electron chi connectivity index (χ4n) is 2.85. The van der Waals surface area contributed by atoms with Crippen LogP contribution in [0.15, 0.2) is 48.5 Å². The Kier molecular flexibility index (Phi) is 6.81. The van der Waals surface area contributed by atoms with Gasteiger partial charge in [-0.1, -0.05) is 61.8 Å². The predicted molar refractivity (Wildman–Crippen MR) is 105 cm³/mol. The number of carbonyl (C=O) groups excluding carboxylic acids is 2. The number of aryl methyl sites for hydroxylation is 1. The molecule has 2 amide bonds. The third kappa shape index (κ3) is 4.85. The van der Waals surface area contributed by atoms with Crippen molar-refractivity contribution in [2.45, 2.75) is 39.8 Å². The van der Waals surface area contributed by atoms with E-state index < -0.39 is 6.04 Å². The average Bonchev–Trinajstić information content (AvgIpc) is 2.59. The van der Waals surface area contributed by atoms with Gasteiger partial charge in [-0.25, -0.2) is 0 Å². The van der Waals surface area contributed by atoms with E-state index >= 15 is 0 Å². The first-order valence-electron chi connectivity index (χ1n) is 8.72. The summed E-state index contributed by atoms with van der Waals surface area (Å²) in [6, 6.07) is 13.9. The molecule has 2 unspecified atom stereocenters. The highest BCUT2D eigenvalue weighted by atomic mass is 35.5. The van der Waals surface area contributed by atoms with Crippen LogP contribution in [0.3, 0.4) is 0 Å². The number of halogens is 1. The Balaban J connectivity index is 2.11. The van der Waals surface area contributed by atoms with Crippen molar-refractivity contribution in [3.8, 4) is 0 Å². The van der Waals surface area contributed by atoms with Crippen molar-refractivity contribution in [1.82, 2.24) is 10.6 Å². The molecule has 2 aromatic rings. The predicted octanol–water partition coefficient (Wildman–Crippen LogP) is 4.28. The largest absolute Gasteiger partial charge is 0.348 e. The molecule has 0 fully saturated rings. The van der Waals surface area contributed by atoms with E-state index in [2.05, 4.69) is 10.6 Å². The van der Waals surface area contributed by atoms with Crippen LogP contribution >= 0.6 is 11.6 Å². The van der Waals surface area contributed by atoms with Gasteiger partial charge in [-0.15, -0.1) is 0 Å². The summed E-state index contributed by atoms with van der Waals surface area (Å²) in [6.07, 6.45) is 0. The summed E-state index contributed by atoms with van der Waals surface area (Å²) in [4.78, 5) is 25.3. The maximum Gasteiger partial charge on any atom is 0.253 e. The standard InChI is InChI=1S/C21H25ClN2O2/c1-13(2)19(24-20(25)17-11-7-8-12-18(17)22)21(26)23-15(4)16-10-6-5-9-14(16)3/h5-13,15,19H,1-4H3,(H,23,26)(H,24,25). The van der Waals surface area contributed by atoms with Gasteiger partial charge < -0.3 is 10.6 Å². The molecule has 0 aliphatic heterocycles. The summed E-state index contributed by atoms with van der Waals surface area (Å²) in [7, 11) is 0. The van der Waals surface area contributed by atoms with E-state index in [4.69, 9.17) is 11.6 Å². The summed E-state index contributed by atoms with van der Waals surface area (Å²) < 4.78 is 0. The van der Waals surface area contributed by atoms with Crippen LogP contribution in [-0.2, 0) is 4.79 Å². The first kappa shape index (κ1) is 20.0. The lowest BCUT2D eigenvalue weighted by atomic mass is 9.99. The maximum absolute atomic E-state index is 12.8. The summed E-state index contributed by atoms with van der Waals surface area (Å²) in [5, 5.41) is 6.17. The zero-order valence-corrected chi connectivity index (χ0v) is 16.3. The second-order valence-electron chi connectivity index (χ2n) is 6.76. The molecule has 0 aliphatic rings. The third-order valence-corrected chi connectivity index (χ3v) is 4.70. The summed E-state index contributed by atoms with van der Waals surface area (Å²) in [6.45, 7) is 7.75. The Labute approximate surface area is 159 Å². The SMILES string of the molecule is Cc1ccccc1C(C)NC(=O)C(NC(=O)c1ccccc1Cl)C(C)C. The Morgan fingerprint density at radius 2 is 1.54 bits per heavy atom. The normalized spacial score (nSPS) is 13.2. The van der Waals surface area contributed by atoms with Crippen LogP contribution in [0, 0.1) is 12.8 Å². The zero-order chi connectivity index (χ0) is 19.3. The maximum atomic E-state index is 12.8. The zero-order valence-electron chi connectivity index (χ0n) is 15.5. The molecule has 0 radical (unpaired) electrons. The van der Waals surface area contributed by atoms with Crippen molar-refractivity contribution < 1.29 is 9.59 Å². The number of nitrogens with one attached hydrogen (secondary N) is 2. The highest BCUT2D eigenvalue weighted by Crippen LogP contribution is 2.18. The van der Waals surface area contributed by atoms with Crippen LogP contribution < -0.4 is 10.6 Å². The minimum Gasteiger partial charge on any atom is -0.348 e. The molecule has 2 rings (SSSR count). The quantitative estimate of drug-likeness (QED) is 0.795. The van der Waals surface area contributed by atoms with E-state index in [0.717, 1.165) is 11.1 Å². The number of amides is 2. The highest BCUT2D eigenvalue weighted by molar-refractivity contribution is 6.33. The molecule has 5 heteroatoms. The lowest BCUT2D eigenvalue weighted by molar-refractivity contribution is -0.124. The molecule has 2 atom stereocenters. The first-order valence-corrected chi connectivity index (χ1v) is 9.10. The van der Waals surface area contributed by atoms with E-state index in [1.165, 1.54) is 0 Å². The molecular formula is C21H25ClN2O2. The first-order chi connectivity index (χ1) is 12.3. The van der Waals surface area contributed by atoms with E-state index in [1.54, 1.807) is 24.3 Å². The number of hydrogen-bond donors (Lipinski definition) is 2. The van der Waals surface area contributed by atoms with Crippen LogP contribution in [-0.4, -0.2) is 17.9 Å². The molecule has 4 nitrogen and oxygen atoms in total. The van der Waals surface area contributed by atoms with Crippen molar-refractivity contribution >= 4 is 23.4 Å². The van der Waals surface area contributed by atoms with Gasteiger partial charge in [-0.2, -0.15) is 0 Å². The lowest BCUT2D eigenvalue weighted by Gasteiger charge is -2.25. The van der Waals surface area contributed by atoms with Gasteiger partial charge in [0.2, 0.25) is 5.91 Å².